The van der Waals surface area contributed by atoms with Crippen molar-refractivity contribution in [3.63, 3.8) is 0 Å². The summed E-state index contributed by atoms with van der Waals surface area (Å²) in [6.45, 7) is 0.337. The number of halogens is 1. The number of carbonyl (C=O) groups excluding carboxylic acids is 2. The second-order valence-corrected chi connectivity index (χ2v) is 5.31. The third-order valence-corrected chi connectivity index (χ3v) is 3.78. The zero-order valence-corrected chi connectivity index (χ0v) is 11.6. The molecule has 0 atom stereocenters. The molecule has 2 amide bonds. The molecule has 22 heavy (non-hydrogen) atoms. The maximum atomic E-state index is 13.0. The van der Waals surface area contributed by atoms with Crippen LogP contribution in [0.1, 0.15) is 18.4 Å². The molecule has 0 radical (unpaired) electrons. The summed E-state index contributed by atoms with van der Waals surface area (Å²) in [4.78, 5) is 23.5. The molecule has 0 bridgehead atoms. The quantitative estimate of drug-likeness (QED) is 0.840. The van der Waals surface area contributed by atoms with Gasteiger partial charge >= 0.3 is 11.8 Å². The summed E-state index contributed by atoms with van der Waals surface area (Å²) in [5.41, 5.74) is 0.767. The topological polar surface area (TPSA) is 84.2 Å². The van der Waals surface area contributed by atoms with Gasteiger partial charge in [0, 0.05) is 18.0 Å². The van der Waals surface area contributed by atoms with Crippen molar-refractivity contribution in [3.05, 3.63) is 48.0 Å². The molecule has 7 heteroatoms. The lowest BCUT2D eigenvalue weighted by atomic mass is 9.96. The van der Waals surface area contributed by atoms with Crippen molar-refractivity contribution in [3.8, 4) is 0 Å². The van der Waals surface area contributed by atoms with Crippen LogP contribution in [-0.4, -0.2) is 23.5 Å². The lowest BCUT2D eigenvalue weighted by Crippen LogP contribution is -2.39. The Labute approximate surface area is 125 Å². The first-order valence-electron chi connectivity index (χ1n) is 6.85. The van der Waals surface area contributed by atoms with E-state index >= 15 is 0 Å². The molecule has 0 saturated heterocycles. The van der Waals surface area contributed by atoms with Crippen LogP contribution in [0.4, 0.5) is 10.2 Å². The molecule has 1 aliphatic carbocycles. The largest absolute Gasteiger partial charge is 0.363 e. The number of nitrogens with zero attached hydrogens (tertiary/aromatic N) is 1. The van der Waals surface area contributed by atoms with Crippen LogP contribution in [-0.2, 0) is 15.0 Å². The van der Waals surface area contributed by atoms with Crippen LogP contribution in [0.25, 0.3) is 0 Å². The monoisotopic (exact) mass is 303 g/mol. The molecule has 1 heterocycles. The summed E-state index contributed by atoms with van der Waals surface area (Å²) in [7, 11) is 0. The summed E-state index contributed by atoms with van der Waals surface area (Å²) < 4.78 is 17.5. The number of benzene rings is 1. The Morgan fingerprint density at radius 3 is 2.50 bits per heavy atom. The van der Waals surface area contributed by atoms with E-state index in [0.717, 1.165) is 18.4 Å². The third kappa shape index (κ3) is 2.98. The van der Waals surface area contributed by atoms with E-state index in [2.05, 4.69) is 20.3 Å². The van der Waals surface area contributed by atoms with Gasteiger partial charge in [0.05, 0.1) is 0 Å². The Bertz CT molecular complexity index is 679. The third-order valence-electron chi connectivity index (χ3n) is 3.78. The van der Waals surface area contributed by atoms with E-state index in [-0.39, 0.29) is 17.1 Å². The first-order chi connectivity index (χ1) is 10.6. The fourth-order valence-corrected chi connectivity index (χ4v) is 2.30. The van der Waals surface area contributed by atoms with Gasteiger partial charge in [-0.15, -0.1) is 0 Å². The summed E-state index contributed by atoms with van der Waals surface area (Å²) in [6, 6.07) is 7.66. The normalized spacial score (nSPS) is 15.1. The van der Waals surface area contributed by atoms with E-state index in [0.29, 0.717) is 6.54 Å². The molecular weight excluding hydrogens is 289 g/mol. The van der Waals surface area contributed by atoms with Crippen LogP contribution < -0.4 is 10.6 Å². The highest BCUT2D eigenvalue weighted by molar-refractivity contribution is 6.39. The van der Waals surface area contributed by atoms with Gasteiger partial charge in [0.25, 0.3) is 0 Å². The molecule has 3 rings (SSSR count). The van der Waals surface area contributed by atoms with Crippen LogP contribution in [0.5, 0.6) is 0 Å². The van der Waals surface area contributed by atoms with Crippen molar-refractivity contribution in [1.82, 2.24) is 10.5 Å². The molecule has 0 spiro atoms. The van der Waals surface area contributed by atoms with Crippen molar-refractivity contribution in [1.29, 1.82) is 0 Å². The van der Waals surface area contributed by atoms with E-state index in [1.807, 2.05) is 0 Å². The Hall–Kier alpha value is -2.70. The van der Waals surface area contributed by atoms with Crippen molar-refractivity contribution in [2.45, 2.75) is 18.3 Å². The number of hydrogen-bond acceptors (Lipinski definition) is 4. The number of hydrogen-bond donors (Lipinski definition) is 2. The van der Waals surface area contributed by atoms with E-state index in [1.165, 1.54) is 24.5 Å². The molecule has 1 aromatic carbocycles. The van der Waals surface area contributed by atoms with Crippen molar-refractivity contribution < 1.29 is 18.5 Å². The highest BCUT2D eigenvalue weighted by atomic mass is 19.1. The van der Waals surface area contributed by atoms with E-state index < -0.39 is 11.8 Å². The maximum absolute atomic E-state index is 13.0. The van der Waals surface area contributed by atoms with Crippen LogP contribution in [0.2, 0.25) is 0 Å². The summed E-state index contributed by atoms with van der Waals surface area (Å²) in [5, 5.41) is 8.42. The van der Waals surface area contributed by atoms with Crippen molar-refractivity contribution in [2.24, 2.45) is 0 Å². The highest BCUT2D eigenvalue weighted by Crippen LogP contribution is 2.47. The number of aromatic nitrogens is 1. The van der Waals surface area contributed by atoms with Gasteiger partial charge in [-0.05, 0) is 30.5 Å². The molecule has 1 saturated carbocycles. The minimum absolute atomic E-state index is 0.180. The molecule has 1 aliphatic rings. The number of carbonyl (C=O) groups is 2. The zero-order valence-electron chi connectivity index (χ0n) is 11.6. The van der Waals surface area contributed by atoms with Gasteiger partial charge in [-0.2, -0.15) is 0 Å². The van der Waals surface area contributed by atoms with Crippen LogP contribution in [0.15, 0.2) is 41.1 Å². The van der Waals surface area contributed by atoms with Gasteiger partial charge in [0.15, 0.2) is 5.82 Å². The predicted molar refractivity (Wildman–Crippen MR) is 75.5 cm³/mol. The number of rotatable bonds is 4. The second kappa shape index (κ2) is 5.59. The smallest absolute Gasteiger partial charge is 0.314 e. The van der Waals surface area contributed by atoms with Gasteiger partial charge in [-0.1, -0.05) is 17.3 Å². The van der Waals surface area contributed by atoms with Crippen LogP contribution in [0.3, 0.4) is 0 Å². The standard InChI is InChI=1S/C15H14FN3O3/c16-11-3-1-10(2-4-11)15(6-7-15)9-17-13(20)14(21)18-12-5-8-22-19-12/h1-5,8H,6-7,9H2,(H,17,20)(H,18,19,21). The van der Waals surface area contributed by atoms with Gasteiger partial charge in [0.1, 0.15) is 12.1 Å². The SMILES string of the molecule is O=C(NCC1(c2ccc(F)cc2)CC1)C(=O)Nc1ccon1. The van der Waals surface area contributed by atoms with E-state index in [4.69, 9.17) is 0 Å². The molecule has 1 aromatic heterocycles. The van der Waals surface area contributed by atoms with Crippen LogP contribution in [0, 0.1) is 5.82 Å². The number of anilines is 1. The number of nitrogens with one attached hydrogen (secondary N) is 2. The Kier molecular flexibility index (Phi) is 3.62. The maximum Gasteiger partial charge on any atom is 0.314 e. The summed E-state index contributed by atoms with van der Waals surface area (Å²) in [6.07, 6.45) is 3.08. The average Bonchev–Trinajstić information content (AvgIpc) is 3.14. The van der Waals surface area contributed by atoms with Gasteiger partial charge in [-0.25, -0.2) is 4.39 Å². The molecule has 2 N–H and O–H groups in total. The zero-order chi connectivity index (χ0) is 15.6. The van der Waals surface area contributed by atoms with Gasteiger partial charge < -0.3 is 9.84 Å². The summed E-state index contributed by atoms with van der Waals surface area (Å²) >= 11 is 0. The fourth-order valence-electron chi connectivity index (χ4n) is 2.30. The Balaban J connectivity index is 1.56. The Morgan fingerprint density at radius 1 is 1.18 bits per heavy atom. The van der Waals surface area contributed by atoms with Crippen molar-refractivity contribution >= 4 is 17.6 Å². The number of amides is 2. The second-order valence-electron chi connectivity index (χ2n) is 5.31. The molecule has 0 unspecified atom stereocenters. The molecule has 2 aromatic rings. The molecule has 6 nitrogen and oxygen atoms in total. The molecule has 0 aliphatic heterocycles. The van der Waals surface area contributed by atoms with Crippen molar-refractivity contribution in [2.75, 3.05) is 11.9 Å². The fraction of sp³-hybridized carbons (Fsp3) is 0.267. The van der Waals surface area contributed by atoms with E-state index in [9.17, 15) is 14.0 Å². The first-order valence-corrected chi connectivity index (χ1v) is 6.85. The van der Waals surface area contributed by atoms with Gasteiger partial charge in [-0.3, -0.25) is 14.9 Å². The molecule has 114 valence electrons. The molecule has 1 fully saturated rings. The van der Waals surface area contributed by atoms with Crippen LogP contribution >= 0.6 is 0 Å². The Morgan fingerprint density at radius 2 is 1.91 bits per heavy atom. The minimum atomic E-state index is -0.802. The summed E-state index contributed by atoms with van der Waals surface area (Å²) in [5.74, 6) is -1.66. The molecular formula is C15H14FN3O3. The predicted octanol–water partition coefficient (Wildman–Crippen LogP) is 1.60. The lowest BCUT2D eigenvalue weighted by molar-refractivity contribution is -0.136. The lowest BCUT2D eigenvalue weighted by Gasteiger charge is -2.16. The average molecular weight is 303 g/mol. The van der Waals surface area contributed by atoms with Gasteiger partial charge in [0.2, 0.25) is 0 Å². The highest BCUT2D eigenvalue weighted by Gasteiger charge is 2.44. The first kappa shape index (κ1) is 14.2. The minimum Gasteiger partial charge on any atom is -0.363 e. The van der Waals surface area contributed by atoms with E-state index in [1.54, 1.807) is 12.1 Å².